The highest BCUT2D eigenvalue weighted by Crippen LogP contribution is 2.40. The second-order valence-corrected chi connectivity index (χ2v) is 8.08. The largest absolute Gasteiger partial charge is 0.206 e. The lowest BCUT2D eigenvalue weighted by Crippen LogP contribution is -2.13. The molecule has 28 heavy (non-hydrogen) atoms. The molecule has 0 amide bonds. The molecule has 0 aromatic heterocycles. The van der Waals surface area contributed by atoms with Crippen LogP contribution < -0.4 is 0 Å². The first-order chi connectivity index (χ1) is 13.5. The summed E-state index contributed by atoms with van der Waals surface area (Å²) < 4.78 is 57.1. The molecule has 0 heterocycles. The Morgan fingerprint density at radius 1 is 0.857 bits per heavy atom. The van der Waals surface area contributed by atoms with E-state index in [-0.39, 0.29) is 29.9 Å². The number of halogens is 4. The third-order valence-corrected chi connectivity index (χ3v) is 6.49. The first-order valence-electron chi connectivity index (χ1n) is 10.1. The molecular formula is C24H24F4. The van der Waals surface area contributed by atoms with Gasteiger partial charge in [-0.05, 0) is 90.8 Å². The SMILES string of the molecule is CCC1CCC(c2cc(F)c(C3=Cc4ccc(F)c(F)c4CC3)c(F)c2)CC1. The number of hydrogen-bond donors (Lipinski definition) is 0. The predicted molar refractivity (Wildman–Crippen MR) is 104 cm³/mol. The Bertz CT molecular complexity index is 897. The van der Waals surface area contributed by atoms with Gasteiger partial charge in [-0.25, -0.2) is 17.6 Å². The third-order valence-electron chi connectivity index (χ3n) is 6.49. The summed E-state index contributed by atoms with van der Waals surface area (Å²) in [5, 5.41) is 0. The van der Waals surface area contributed by atoms with Crippen LogP contribution in [0.3, 0.4) is 0 Å². The number of allylic oxidation sites excluding steroid dienone is 1. The van der Waals surface area contributed by atoms with E-state index < -0.39 is 23.3 Å². The number of hydrogen-bond acceptors (Lipinski definition) is 0. The molecule has 0 bridgehead atoms. The van der Waals surface area contributed by atoms with E-state index in [1.165, 1.54) is 18.2 Å². The molecule has 0 radical (unpaired) electrons. The van der Waals surface area contributed by atoms with Crippen LogP contribution in [0.5, 0.6) is 0 Å². The average Bonchev–Trinajstić information content (AvgIpc) is 2.70. The molecular weight excluding hydrogens is 364 g/mol. The van der Waals surface area contributed by atoms with Gasteiger partial charge in [-0.3, -0.25) is 0 Å². The molecule has 0 nitrogen and oxygen atoms in total. The molecule has 4 rings (SSSR count). The Hall–Kier alpha value is -2.10. The van der Waals surface area contributed by atoms with Gasteiger partial charge in [0.15, 0.2) is 11.6 Å². The Balaban J connectivity index is 1.64. The standard InChI is InChI=1S/C24H24F4/c1-2-14-3-5-15(6-4-14)18-12-21(26)23(22(27)13-18)17-7-9-19-16(11-17)8-10-20(25)24(19)28/h8,10-15H,2-7,9H2,1H3. The van der Waals surface area contributed by atoms with E-state index in [0.29, 0.717) is 11.1 Å². The molecule has 0 unspecified atom stereocenters. The number of fused-ring (bicyclic) bond motifs is 1. The quantitative estimate of drug-likeness (QED) is 0.480. The molecule has 2 aromatic rings. The topological polar surface area (TPSA) is 0 Å². The van der Waals surface area contributed by atoms with Crippen LogP contribution >= 0.6 is 0 Å². The van der Waals surface area contributed by atoms with E-state index in [1.807, 2.05) is 0 Å². The fourth-order valence-electron chi connectivity index (χ4n) is 4.75. The van der Waals surface area contributed by atoms with E-state index in [4.69, 9.17) is 0 Å². The summed E-state index contributed by atoms with van der Waals surface area (Å²) >= 11 is 0. The first-order valence-corrected chi connectivity index (χ1v) is 10.1. The van der Waals surface area contributed by atoms with Gasteiger partial charge in [-0.2, -0.15) is 0 Å². The van der Waals surface area contributed by atoms with Gasteiger partial charge in [0.05, 0.1) is 0 Å². The second kappa shape index (κ2) is 7.73. The van der Waals surface area contributed by atoms with Crippen molar-refractivity contribution >= 4 is 11.6 Å². The normalized spacial score (nSPS) is 22.0. The molecule has 148 valence electrons. The van der Waals surface area contributed by atoms with E-state index in [1.54, 1.807) is 6.08 Å². The van der Waals surface area contributed by atoms with E-state index >= 15 is 0 Å². The molecule has 0 atom stereocenters. The van der Waals surface area contributed by atoms with Crippen molar-refractivity contribution in [2.24, 2.45) is 5.92 Å². The molecule has 2 aliphatic carbocycles. The van der Waals surface area contributed by atoms with Crippen LogP contribution in [0, 0.1) is 29.2 Å². The highest BCUT2D eigenvalue weighted by molar-refractivity contribution is 5.85. The number of rotatable bonds is 3. The monoisotopic (exact) mass is 388 g/mol. The van der Waals surface area contributed by atoms with Gasteiger partial charge in [-0.1, -0.05) is 25.5 Å². The lowest BCUT2D eigenvalue weighted by molar-refractivity contribution is 0.318. The minimum Gasteiger partial charge on any atom is -0.206 e. The van der Waals surface area contributed by atoms with Crippen LogP contribution in [0.4, 0.5) is 17.6 Å². The van der Waals surface area contributed by atoms with Crippen molar-refractivity contribution in [3.05, 3.63) is 69.8 Å². The second-order valence-electron chi connectivity index (χ2n) is 8.08. The van der Waals surface area contributed by atoms with Crippen molar-refractivity contribution in [1.29, 1.82) is 0 Å². The molecule has 1 saturated carbocycles. The fraction of sp³-hybridized carbons (Fsp3) is 0.417. The maximum atomic E-state index is 14.9. The Morgan fingerprint density at radius 3 is 2.18 bits per heavy atom. The Kier molecular flexibility index (Phi) is 5.31. The highest BCUT2D eigenvalue weighted by Gasteiger charge is 2.26. The zero-order chi connectivity index (χ0) is 19.8. The molecule has 2 aromatic carbocycles. The van der Waals surface area contributed by atoms with Crippen molar-refractivity contribution < 1.29 is 17.6 Å². The fourth-order valence-corrected chi connectivity index (χ4v) is 4.75. The summed E-state index contributed by atoms with van der Waals surface area (Å²) in [7, 11) is 0. The smallest absolute Gasteiger partial charge is 0.162 e. The lowest BCUT2D eigenvalue weighted by Gasteiger charge is -2.28. The third kappa shape index (κ3) is 3.49. The summed E-state index contributed by atoms with van der Waals surface area (Å²) in [6, 6.07) is 5.45. The van der Waals surface area contributed by atoms with Gasteiger partial charge >= 0.3 is 0 Å². The summed E-state index contributed by atoms with van der Waals surface area (Å²) in [4.78, 5) is 0. The maximum absolute atomic E-state index is 14.9. The van der Waals surface area contributed by atoms with Gasteiger partial charge < -0.3 is 0 Å². The molecule has 1 fully saturated rings. The minimum absolute atomic E-state index is 0.0404. The molecule has 0 saturated heterocycles. The van der Waals surface area contributed by atoms with Crippen LogP contribution in [0.15, 0.2) is 24.3 Å². The maximum Gasteiger partial charge on any atom is 0.162 e. The van der Waals surface area contributed by atoms with Crippen molar-refractivity contribution in [2.75, 3.05) is 0 Å². The molecule has 0 N–H and O–H groups in total. The van der Waals surface area contributed by atoms with Crippen LogP contribution in [0.25, 0.3) is 11.6 Å². The summed E-state index contributed by atoms with van der Waals surface area (Å²) in [5.41, 5.74) is 1.95. The lowest BCUT2D eigenvalue weighted by atomic mass is 9.77. The highest BCUT2D eigenvalue weighted by atomic mass is 19.2. The van der Waals surface area contributed by atoms with Gasteiger partial charge in [0.1, 0.15) is 11.6 Å². The van der Waals surface area contributed by atoms with Crippen molar-refractivity contribution in [2.45, 2.75) is 57.8 Å². The van der Waals surface area contributed by atoms with Crippen molar-refractivity contribution in [1.82, 2.24) is 0 Å². The molecule has 0 aliphatic heterocycles. The van der Waals surface area contributed by atoms with Gasteiger partial charge in [-0.15, -0.1) is 0 Å². The summed E-state index contributed by atoms with van der Waals surface area (Å²) in [6.07, 6.45) is 7.40. The summed E-state index contributed by atoms with van der Waals surface area (Å²) in [6.45, 7) is 2.19. The van der Waals surface area contributed by atoms with Gasteiger partial charge in [0.2, 0.25) is 0 Å². The number of benzene rings is 2. The summed E-state index contributed by atoms with van der Waals surface area (Å²) in [5.74, 6) is -1.96. The van der Waals surface area contributed by atoms with Crippen LogP contribution in [-0.2, 0) is 6.42 Å². The van der Waals surface area contributed by atoms with Crippen LogP contribution in [0.2, 0.25) is 0 Å². The van der Waals surface area contributed by atoms with Crippen molar-refractivity contribution in [3.8, 4) is 0 Å². The average molecular weight is 388 g/mol. The molecule has 0 spiro atoms. The molecule has 4 heteroatoms. The molecule has 2 aliphatic rings. The van der Waals surface area contributed by atoms with E-state index in [0.717, 1.165) is 49.7 Å². The zero-order valence-electron chi connectivity index (χ0n) is 16.0. The zero-order valence-corrected chi connectivity index (χ0v) is 16.0. The Morgan fingerprint density at radius 2 is 1.54 bits per heavy atom. The van der Waals surface area contributed by atoms with E-state index in [9.17, 15) is 17.6 Å². The van der Waals surface area contributed by atoms with Crippen LogP contribution in [0.1, 0.15) is 73.6 Å². The van der Waals surface area contributed by atoms with Gasteiger partial charge in [0, 0.05) is 5.56 Å². The predicted octanol–water partition coefficient (Wildman–Crippen LogP) is 7.41. The van der Waals surface area contributed by atoms with Crippen LogP contribution in [-0.4, -0.2) is 0 Å². The van der Waals surface area contributed by atoms with E-state index in [2.05, 4.69) is 6.92 Å². The van der Waals surface area contributed by atoms with Crippen molar-refractivity contribution in [3.63, 3.8) is 0 Å². The minimum atomic E-state index is -0.893. The Labute approximate surface area is 163 Å². The first kappa shape index (κ1) is 19.2. The van der Waals surface area contributed by atoms with Gasteiger partial charge in [0.25, 0.3) is 0 Å².